The lowest BCUT2D eigenvalue weighted by molar-refractivity contribution is 0.120. The van der Waals surface area contributed by atoms with E-state index >= 15 is 0 Å². The SMILES string of the molecule is Cc1cccnc1CSc1nnc(NC[C@H]2CCCO2)s1. The summed E-state index contributed by atoms with van der Waals surface area (Å²) in [5.74, 6) is 0.826. The molecule has 1 aliphatic rings. The van der Waals surface area contributed by atoms with Gasteiger partial charge in [0.2, 0.25) is 5.13 Å². The molecule has 0 spiro atoms. The zero-order valence-electron chi connectivity index (χ0n) is 11.9. The van der Waals surface area contributed by atoms with E-state index in [0.717, 1.165) is 46.9 Å². The standard InChI is InChI=1S/C14H18N4OS2/c1-10-4-2-6-15-12(10)9-20-14-18-17-13(21-14)16-8-11-5-3-7-19-11/h2,4,6,11H,3,5,7-9H2,1H3,(H,16,17)/t11-/m1/s1. The van der Waals surface area contributed by atoms with Crippen LogP contribution in [0.15, 0.2) is 22.7 Å². The highest BCUT2D eigenvalue weighted by Crippen LogP contribution is 2.28. The second-order valence-corrected chi connectivity index (χ2v) is 7.14. The van der Waals surface area contributed by atoms with E-state index in [1.54, 1.807) is 23.1 Å². The number of aryl methyl sites for hydroxylation is 1. The molecule has 5 nitrogen and oxygen atoms in total. The van der Waals surface area contributed by atoms with Crippen LogP contribution in [0.25, 0.3) is 0 Å². The van der Waals surface area contributed by atoms with Gasteiger partial charge in [0.05, 0.1) is 11.8 Å². The van der Waals surface area contributed by atoms with Gasteiger partial charge in [0, 0.05) is 25.1 Å². The number of hydrogen-bond donors (Lipinski definition) is 1. The Labute approximate surface area is 132 Å². The van der Waals surface area contributed by atoms with E-state index in [1.807, 2.05) is 12.3 Å². The van der Waals surface area contributed by atoms with Crippen molar-refractivity contribution < 1.29 is 4.74 Å². The minimum Gasteiger partial charge on any atom is -0.376 e. The fourth-order valence-corrected chi connectivity index (χ4v) is 3.94. The first-order chi connectivity index (χ1) is 10.3. The van der Waals surface area contributed by atoms with Crippen molar-refractivity contribution in [2.75, 3.05) is 18.5 Å². The minimum absolute atomic E-state index is 0.321. The lowest BCUT2D eigenvalue weighted by atomic mass is 10.2. The van der Waals surface area contributed by atoms with Gasteiger partial charge in [-0.1, -0.05) is 29.2 Å². The van der Waals surface area contributed by atoms with E-state index in [-0.39, 0.29) is 0 Å². The molecule has 2 aromatic heterocycles. The molecule has 0 aromatic carbocycles. The fourth-order valence-electron chi connectivity index (χ4n) is 2.15. The van der Waals surface area contributed by atoms with Crippen LogP contribution in [0.5, 0.6) is 0 Å². The molecular formula is C14H18N4OS2. The van der Waals surface area contributed by atoms with E-state index in [9.17, 15) is 0 Å². The van der Waals surface area contributed by atoms with Crippen molar-refractivity contribution in [3.63, 3.8) is 0 Å². The highest BCUT2D eigenvalue weighted by atomic mass is 32.2. The smallest absolute Gasteiger partial charge is 0.206 e. The van der Waals surface area contributed by atoms with Gasteiger partial charge in [0.15, 0.2) is 4.34 Å². The molecule has 21 heavy (non-hydrogen) atoms. The first-order valence-electron chi connectivity index (χ1n) is 7.03. The third kappa shape index (κ3) is 4.15. The van der Waals surface area contributed by atoms with Crippen LogP contribution in [-0.4, -0.2) is 34.4 Å². The first-order valence-corrected chi connectivity index (χ1v) is 8.84. The maximum atomic E-state index is 5.58. The third-order valence-corrected chi connectivity index (χ3v) is 5.39. The molecule has 0 unspecified atom stereocenters. The minimum atomic E-state index is 0.321. The van der Waals surface area contributed by atoms with Crippen molar-refractivity contribution in [3.05, 3.63) is 29.6 Å². The van der Waals surface area contributed by atoms with E-state index in [0.29, 0.717) is 6.10 Å². The lowest BCUT2D eigenvalue weighted by Crippen LogP contribution is -2.18. The van der Waals surface area contributed by atoms with Crippen LogP contribution in [0.2, 0.25) is 0 Å². The van der Waals surface area contributed by atoms with Crippen molar-refractivity contribution in [1.29, 1.82) is 0 Å². The number of nitrogens with one attached hydrogen (secondary N) is 1. The molecule has 0 aliphatic carbocycles. The summed E-state index contributed by atoms with van der Waals surface area (Å²) in [4.78, 5) is 4.39. The average molecular weight is 322 g/mol. The molecule has 3 rings (SSSR count). The first kappa shape index (κ1) is 14.7. The number of nitrogens with zero attached hydrogens (tertiary/aromatic N) is 3. The van der Waals surface area contributed by atoms with Gasteiger partial charge in [-0.25, -0.2) is 0 Å². The summed E-state index contributed by atoms with van der Waals surface area (Å²) in [6, 6.07) is 4.04. The van der Waals surface area contributed by atoms with Gasteiger partial charge < -0.3 is 10.1 Å². The molecule has 0 amide bonds. The number of pyridine rings is 1. The molecule has 2 aromatic rings. The number of thioether (sulfide) groups is 1. The summed E-state index contributed by atoms with van der Waals surface area (Å²) in [7, 11) is 0. The zero-order chi connectivity index (χ0) is 14.5. The number of anilines is 1. The van der Waals surface area contributed by atoms with Gasteiger partial charge >= 0.3 is 0 Å². The normalized spacial score (nSPS) is 18.0. The van der Waals surface area contributed by atoms with Crippen LogP contribution in [-0.2, 0) is 10.5 Å². The van der Waals surface area contributed by atoms with Crippen LogP contribution in [0.1, 0.15) is 24.1 Å². The summed E-state index contributed by atoms with van der Waals surface area (Å²) in [6.07, 6.45) is 4.44. The molecule has 0 saturated carbocycles. The topological polar surface area (TPSA) is 59.9 Å². The number of hydrogen-bond acceptors (Lipinski definition) is 7. The van der Waals surface area contributed by atoms with Crippen molar-refractivity contribution in [2.45, 2.75) is 36.0 Å². The van der Waals surface area contributed by atoms with E-state index < -0.39 is 0 Å². The fraction of sp³-hybridized carbons (Fsp3) is 0.500. The largest absolute Gasteiger partial charge is 0.376 e. The van der Waals surface area contributed by atoms with E-state index in [2.05, 4.69) is 33.5 Å². The molecule has 0 radical (unpaired) electrons. The average Bonchev–Trinajstić information content (AvgIpc) is 3.16. The van der Waals surface area contributed by atoms with Gasteiger partial charge in [-0.3, -0.25) is 4.98 Å². The monoisotopic (exact) mass is 322 g/mol. The van der Waals surface area contributed by atoms with Crippen LogP contribution in [0.4, 0.5) is 5.13 Å². The third-order valence-electron chi connectivity index (χ3n) is 3.36. The second kappa shape index (κ2) is 7.20. The van der Waals surface area contributed by atoms with Gasteiger partial charge in [-0.15, -0.1) is 10.2 Å². The van der Waals surface area contributed by atoms with Crippen LogP contribution >= 0.6 is 23.1 Å². The Morgan fingerprint density at radius 2 is 2.43 bits per heavy atom. The summed E-state index contributed by atoms with van der Waals surface area (Å²) < 4.78 is 6.55. The maximum absolute atomic E-state index is 5.58. The van der Waals surface area contributed by atoms with Crippen LogP contribution in [0.3, 0.4) is 0 Å². The lowest BCUT2D eigenvalue weighted by Gasteiger charge is -2.08. The van der Waals surface area contributed by atoms with Gasteiger partial charge in [0.25, 0.3) is 0 Å². The molecule has 1 fully saturated rings. The molecule has 1 saturated heterocycles. The molecule has 0 bridgehead atoms. The van der Waals surface area contributed by atoms with Crippen LogP contribution < -0.4 is 5.32 Å². The van der Waals surface area contributed by atoms with Gasteiger partial charge in [0.1, 0.15) is 0 Å². The van der Waals surface area contributed by atoms with Crippen molar-refractivity contribution >= 4 is 28.2 Å². The number of ether oxygens (including phenoxy) is 1. The Hall–Kier alpha value is -1.18. The second-order valence-electron chi connectivity index (χ2n) is 4.94. The van der Waals surface area contributed by atoms with E-state index in [4.69, 9.17) is 4.74 Å². The zero-order valence-corrected chi connectivity index (χ0v) is 13.5. The summed E-state index contributed by atoms with van der Waals surface area (Å²) >= 11 is 3.27. The predicted octanol–water partition coefficient (Wildman–Crippen LogP) is 3.12. The molecular weight excluding hydrogens is 304 g/mol. The number of rotatable bonds is 6. The maximum Gasteiger partial charge on any atom is 0.206 e. The highest BCUT2D eigenvalue weighted by molar-refractivity contribution is 8.00. The Balaban J connectivity index is 1.49. The molecule has 1 N–H and O–H groups in total. The summed E-state index contributed by atoms with van der Waals surface area (Å²) in [5.41, 5.74) is 2.32. The Morgan fingerprint density at radius 3 is 3.24 bits per heavy atom. The molecule has 3 heterocycles. The molecule has 1 atom stereocenters. The van der Waals surface area contributed by atoms with Crippen LogP contribution in [0, 0.1) is 6.92 Å². The highest BCUT2D eigenvalue weighted by Gasteiger charge is 2.15. The van der Waals surface area contributed by atoms with Crippen molar-refractivity contribution in [2.24, 2.45) is 0 Å². The molecule has 1 aliphatic heterocycles. The van der Waals surface area contributed by atoms with Crippen molar-refractivity contribution in [3.8, 4) is 0 Å². The Morgan fingerprint density at radius 1 is 1.48 bits per heavy atom. The number of aromatic nitrogens is 3. The van der Waals surface area contributed by atoms with Gasteiger partial charge in [-0.05, 0) is 31.4 Å². The van der Waals surface area contributed by atoms with E-state index in [1.165, 1.54) is 5.56 Å². The predicted molar refractivity (Wildman–Crippen MR) is 85.9 cm³/mol. The summed E-state index contributed by atoms with van der Waals surface area (Å²) in [6.45, 7) is 3.78. The Bertz CT molecular complexity index is 584. The molecule has 7 heteroatoms. The molecule has 112 valence electrons. The Kier molecular flexibility index (Phi) is 5.05. The van der Waals surface area contributed by atoms with Crippen molar-refractivity contribution in [1.82, 2.24) is 15.2 Å². The van der Waals surface area contributed by atoms with Gasteiger partial charge in [-0.2, -0.15) is 0 Å². The summed E-state index contributed by atoms with van der Waals surface area (Å²) in [5, 5.41) is 12.6. The quantitative estimate of drug-likeness (QED) is 0.825.